The van der Waals surface area contributed by atoms with Crippen LogP contribution in [-0.4, -0.2) is 38.0 Å². The Morgan fingerprint density at radius 1 is 0.971 bits per heavy atom. The van der Waals surface area contributed by atoms with E-state index in [4.69, 9.17) is 9.05 Å². The average Bonchev–Trinajstić information content (AvgIpc) is 3.18. The van der Waals surface area contributed by atoms with Crippen molar-refractivity contribution in [2.24, 2.45) is 0 Å². The molecule has 1 aliphatic carbocycles. The Balaban J connectivity index is 1.76. The Morgan fingerprint density at radius 2 is 1.63 bits per heavy atom. The molecule has 0 spiro atoms. The van der Waals surface area contributed by atoms with Crippen molar-refractivity contribution >= 4 is 13.5 Å². The van der Waals surface area contributed by atoms with Crippen LogP contribution in [0.5, 0.6) is 0 Å². The quantitative estimate of drug-likeness (QED) is 0.236. The summed E-state index contributed by atoms with van der Waals surface area (Å²) in [5.74, 6) is -1.46. The normalized spacial score (nSPS) is 15.1. The van der Waals surface area contributed by atoms with E-state index in [0.29, 0.717) is 44.2 Å². The summed E-state index contributed by atoms with van der Waals surface area (Å²) < 4.78 is 62.4. The standard InChI is InChI=1S/C26H33F3NO4P/c1-3-15-33-35(32,34-16-4-2)17-8-7-10-19-11-9-14-21-20-12-5-6-13-22(20)24(23(19)21)25(31)30-18-26(27,28)29/h5-6,9,11-14,24H,3-4,7-8,10,15-18H2,1-2H3,(H,30,31). The molecule has 0 radical (unpaired) electrons. The second-order valence-corrected chi connectivity index (χ2v) is 10.9. The van der Waals surface area contributed by atoms with Crippen molar-refractivity contribution in [3.8, 4) is 11.1 Å². The molecule has 3 rings (SSSR count). The number of hydrogen-bond acceptors (Lipinski definition) is 4. The molecule has 0 heterocycles. The first-order valence-corrected chi connectivity index (χ1v) is 13.9. The third kappa shape index (κ3) is 7.18. The van der Waals surface area contributed by atoms with Crippen LogP contribution in [0.1, 0.15) is 62.1 Å². The number of unbranched alkanes of at least 4 members (excludes halogenated alkanes) is 1. The Kier molecular flexibility index (Phi) is 9.56. The second kappa shape index (κ2) is 12.2. The lowest BCUT2D eigenvalue weighted by Crippen LogP contribution is -2.37. The van der Waals surface area contributed by atoms with Crippen molar-refractivity contribution in [1.82, 2.24) is 5.32 Å². The fraction of sp³-hybridized carbons (Fsp3) is 0.500. The summed E-state index contributed by atoms with van der Waals surface area (Å²) in [6.45, 7) is 3.27. The highest BCUT2D eigenvalue weighted by atomic mass is 31.2. The van der Waals surface area contributed by atoms with Crippen LogP contribution in [0.3, 0.4) is 0 Å². The van der Waals surface area contributed by atoms with Gasteiger partial charge in [0.15, 0.2) is 0 Å². The summed E-state index contributed by atoms with van der Waals surface area (Å²) in [5, 5.41) is 2.07. The zero-order valence-electron chi connectivity index (χ0n) is 20.2. The number of rotatable bonds is 13. The van der Waals surface area contributed by atoms with Gasteiger partial charge in [0.2, 0.25) is 5.91 Å². The van der Waals surface area contributed by atoms with Gasteiger partial charge in [-0.3, -0.25) is 9.36 Å². The van der Waals surface area contributed by atoms with E-state index in [0.717, 1.165) is 35.1 Å². The van der Waals surface area contributed by atoms with E-state index in [2.05, 4.69) is 5.32 Å². The van der Waals surface area contributed by atoms with Crippen LogP contribution in [-0.2, 0) is 24.8 Å². The summed E-state index contributed by atoms with van der Waals surface area (Å²) in [7, 11) is -3.16. The smallest absolute Gasteiger partial charge is 0.346 e. The topological polar surface area (TPSA) is 64.6 Å². The fourth-order valence-corrected chi connectivity index (χ4v) is 6.23. The molecule has 0 saturated heterocycles. The van der Waals surface area contributed by atoms with E-state index in [-0.39, 0.29) is 0 Å². The van der Waals surface area contributed by atoms with Crippen LogP contribution in [0, 0.1) is 0 Å². The minimum absolute atomic E-state index is 0.303. The van der Waals surface area contributed by atoms with E-state index >= 15 is 0 Å². The number of aryl methyl sites for hydroxylation is 1. The van der Waals surface area contributed by atoms with Crippen molar-refractivity contribution in [3.05, 3.63) is 59.2 Å². The highest BCUT2D eigenvalue weighted by Gasteiger charge is 2.37. The van der Waals surface area contributed by atoms with Gasteiger partial charge in [-0.25, -0.2) is 0 Å². The van der Waals surface area contributed by atoms with Gasteiger partial charge in [0, 0.05) is 0 Å². The minimum atomic E-state index is -4.48. The van der Waals surface area contributed by atoms with Crippen LogP contribution >= 0.6 is 7.60 Å². The number of nitrogens with one attached hydrogen (secondary N) is 1. The van der Waals surface area contributed by atoms with Gasteiger partial charge >= 0.3 is 13.8 Å². The number of carbonyl (C=O) groups excluding carboxylic acids is 1. The lowest BCUT2D eigenvalue weighted by molar-refractivity contribution is -0.138. The molecule has 1 aliphatic rings. The molecule has 9 heteroatoms. The molecule has 5 nitrogen and oxygen atoms in total. The van der Waals surface area contributed by atoms with Gasteiger partial charge in [0.1, 0.15) is 6.54 Å². The molecule has 192 valence electrons. The van der Waals surface area contributed by atoms with Gasteiger partial charge in [-0.15, -0.1) is 0 Å². The van der Waals surface area contributed by atoms with E-state index in [1.807, 2.05) is 44.2 Å². The number of benzene rings is 2. The van der Waals surface area contributed by atoms with Gasteiger partial charge in [-0.2, -0.15) is 13.2 Å². The predicted octanol–water partition coefficient (Wildman–Crippen LogP) is 6.85. The SMILES string of the molecule is CCCOP(=O)(CCCCc1cccc2c1C(C(=O)NCC(F)(F)F)c1ccccc1-2)OCCC. The molecule has 0 aliphatic heterocycles. The maximum Gasteiger partial charge on any atom is 0.405 e. The molecule has 35 heavy (non-hydrogen) atoms. The maximum absolute atomic E-state index is 13.0. The van der Waals surface area contributed by atoms with E-state index in [1.165, 1.54) is 0 Å². The third-order valence-electron chi connectivity index (χ3n) is 5.88. The molecule has 0 fully saturated rings. The minimum Gasteiger partial charge on any atom is -0.346 e. The highest BCUT2D eigenvalue weighted by Crippen LogP contribution is 2.50. The zero-order chi connectivity index (χ0) is 25.5. The zero-order valence-corrected chi connectivity index (χ0v) is 21.1. The Hall–Kier alpha value is -2.15. The first-order chi connectivity index (χ1) is 16.7. The molecule has 1 unspecified atom stereocenters. The summed E-state index contributed by atoms with van der Waals surface area (Å²) in [6, 6.07) is 13.1. The number of carbonyl (C=O) groups is 1. The highest BCUT2D eigenvalue weighted by molar-refractivity contribution is 7.53. The number of fused-ring (bicyclic) bond motifs is 3. The molecular weight excluding hydrogens is 478 g/mol. The summed E-state index contributed by atoms with van der Waals surface area (Å²) in [6.07, 6.45) is -0.809. The van der Waals surface area contributed by atoms with E-state index in [9.17, 15) is 22.5 Å². The molecule has 2 aromatic carbocycles. The van der Waals surface area contributed by atoms with Gasteiger partial charge < -0.3 is 14.4 Å². The first kappa shape index (κ1) is 27.4. The monoisotopic (exact) mass is 511 g/mol. The molecule has 0 aromatic heterocycles. The Bertz CT molecular complexity index is 1050. The van der Waals surface area contributed by atoms with Crippen molar-refractivity contribution in [3.63, 3.8) is 0 Å². The third-order valence-corrected chi connectivity index (χ3v) is 7.90. The number of alkyl halides is 3. The van der Waals surface area contributed by atoms with Crippen LogP contribution in [0.2, 0.25) is 0 Å². The van der Waals surface area contributed by atoms with Gasteiger partial charge in [0.05, 0.1) is 25.3 Å². The first-order valence-electron chi connectivity index (χ1n) is 12.1. The number of amides is 1. The van der Waals surface area contributed by atoms with Crippen LogP contribution in [0.25, 0.3) is 11.1 Å². The van der Waals surface area contributed by atoms with E-state index < -0.39 is 32.1 Å². The molecule has 1 N–H and O–H groups in total. The summed E-state index contributed by atoms with van der Waals surface area (Å²) in [5.41, 5.74) is 4.10. The lowest BCUT2D eigenvalue weighted by Gasteiger charge is -2.19. The van der Waals surface area contributed by atoms with Crippen LogP contribution in [0.4, 0.5) is 13.2 Å². The van der Waals surface area contributed by atoms with Crippen molar-refractivity contribution < 1.29 is 31.6 Å². The molecule has 1 amide bonds. The van der Waals surface area contributed by atoms with Crippen molar-refractivity contribution in [2.45, 2.75) is 58.0 Å². The Morgan fingerprint density at radius 3 is 2.29 bits per heavy atom. The van der Waals surface area contributed by atoms with Gasteiger partial charge in [0.25, 0.3) is 0 Å². The molecule has 1 atom stereocenters. The van der Waals surface area contributed by atoms with Crippen molar-refractivity contribution in [2.75, 3.05) is 25.9 Å². The number of halogens is 3. The molecule has 0 saturated carbocycles. The second-order valence-electron chi connectivity index (χ2n) is 8.69. The van der Waals surface area contributed by atoms with Crippen molar-refractivity contribution in [1.29, 1.82) is 0 Å². The lowest BCUT2D eigenvalue weighted by atomic mass is 9.90. The average molecular weight is 512 g/mol. The summed E-state index contributed by atoms with van der Waals surface area (Å²) in [4.78, 5) is 13.0. The predicted molar refractivity (Wildman–Crippen MR) is 131 cm³/mol. The largest absolute Gasteiger partial charge is 0.405 e. The van der Waals surface area contributed by atoms with Gasteiger partial charge in [-0.1, -0.05) is 56.3 Å². The number of hydrogen-bond donors (Lipinski definition) is 1. The van der Waals surface area contributed by atoms with Crippen LogP contribution in [0.15, 0.2) is 42.5 Å². The molecule has 2 aromatic rings. The fourth-order valence-electron chi connectivity index (χ4n) is 4.37. The van der Waals surface area contributed by atoms with Crippen LogP contribution < -0.4 is 5.32 Å². The van der Waals surface area contributed by atoms with E-state index in [1.54, 1.807) is 12.1 Å². The molecular formula is C26H33F3NO4P. The Labute approximate surface area is 204 Å². The van der Waals surface area contributed by atoms with Gasteiger partial charge in [-0.05, 0) is 59.9 Å². The molecule has 0 bridgehead atoms. The maximum atomic E-state index is 13.0. The summed E-state index contributed by atoms with van der Waals surface area (Å²) >= 11 is 0.